The number of ether oxygens (including phenoxy) is 2. The van der Waals surface area contributed by atoms with Crippen LogP contribution >= 0.6 is 0 Å². The predicted molar refractivity (Wildman–Crippen MR) is 67.2 cm³/mol. The third kappa shape index (κ3) is 2.30. The van der Waals surface area contributed by atoms with Crippen LogP contribution in [0.4, 0.5) is 5.69 Å². The van der Waals surface area contributed by atoms with E-state index in [0.717, 1.165) is 16.9 Å². The van der Waals surface area contributed by atoms with Crippen molar-refractivity contribution in [1.82, 2.24) is 4.98 Å². The van der Waals surface area contributed by atoms with Crippen molar-refractivity contribution < 1.29 is 9.47 Å². The molecular formula is C13H14N2O2. The number of pyridine rings is 1. The zero-order valence-electron chi connectivity index (χ0n) is 9.81. The van der Waals surface area contributed by atoms with Crippen LogP contribution < -0.4 is 15.2 Å². The molecule has 0 atom stereocenters. The van der Waals surface area contributed by atoms with Crippen molar-refractivity contribution in [2.45, 2.75) is 0 Å². The summed E-state index contributed by atoms with van der Waals surface area (Å²) in [5.41, 5.74) is 8.41. The van der Waals surface area contributed by atoms with Crippen LogP contribution in [0.5, 0.6) is 11.5 Å². The largest absolute Gasteiger partial charge is 0.497 e. The first kappa shape index (κ1) is 11.3. The van der Waals surface area contributed by atoms with E-state index in [1.165, 1.54) is 0 Å². The molecule has 0 saturated heterocycles. The topological polar surface area (TPSA) is 57.4 Å². The van der Waals surface area contributed by atoms with Crippen molar-refractivity contribution in [2.24, 2.45) is 0 Å². The van der Waals surface area contributed by atoms with Gasteiger partial charge in [0.1, 0.15) is 11.5 Å². The van der Waals surface area contributed by atoms with Gasteiger partial charge in [0.2, 0.25) is 0 Å². The van der Waals surface area contributed by atoms with Gasteiger partial charge in [0, 0.05) is 23.0 Å². The number of aromatic nitrogens is 1. The van der Waals surface area contributed by atoms with Gasteiger partial charge in [-0.25, -0.2) is 0 Å². The lowest BCUT2D eigenvalue weighted by Crippen LogP contribution is -1.93. The number of anilines is 1. The molecule has 2 rings (SSSR count). The van der Waals surface area contributed by atoms with Crippen molar-refractivity contribution in [3.8, 4) is 22.6 Å². The molecular weight excluding hydrogens is 216 g/mol. The molecule has 2 aromatic rings. The van der Waals surface area contributed by atoms with Crippen LogP contribution in [0.3, 0.4) is 0 Å². The molecule has 0 fully saturated rings. The predicted octanol–water partition coefficient (Wildman–Crippen LogP) is 2.35. The van der Waals surface area contributed by atoms with E-state index >= 15 is 0 Å². The maximum absolute atomic E-state index is 5.94. The molecule has 0 aliphatic heterocycles. The molecule has 1 aromatic heterocycles. The Labute approximate surface area is 100 Å². The Kier molecular flexibility index (Phi) is 3.14. The summed E-state index contributed by atoms with van der Waals surface area (Å²) in [6.45, 7) is 0. The molecule has 88 valence electrons. The second-order valence-corrected chi connectivity index (χ2v) is 3.57. The third-order valence-corrected chi connectivity index (χ3v) is 2.52. The summed E-state index contributed by atoms with van der Waals surface area (Å²) in [6.07, 6.45) is 3.40. The normalized spacial score (nSPS) is 10.0. The van der Waals surface area contributed by atoms with E-state index in [1.54, 1.807) is 26.6 Å². The molecule has 0 bridgehead atoms. The van der Waals surface area contributed by atoms with Gasteiger partial charge in [0.15, 0.2) is 0 Å². The highest BCUT2D eigenvalue weighted by Gasteiger charge is 2.06. The van der Waals surface area contributed by atoms with E-state index in [0.29, 0.717) is 11.4 Å². The van der Waals surface area contributed by atoms with Crippen LogP contribution in [0, 0.1) is 0 Å². The lowest BCUT2D eigenvalue weighted by atomic mass is 10.1. The molecule has 0 aliphatic rings. The van der Waals surface area contributed by atoms with Crippen LogP contribution in [0.1, 0.15) is 0 Å². The fourth-order valence-corrected chi connectivity index (χ4v) is 1.59. The standard InChI is InChI=1S/C13H14N2O2/c1-16-10-3-4-13(14)12(6-10)9-5-11(17-2)8-15-7-9/h3-8H,14H2,1-2H3. The number of nitrogen functional groups attached to an aromatic ring is 1. The zero-order chi connectivity index (χ0) is 12.3. The number of nitrogens with two attached hydrogens (primary N) is 1. The van der Waals surface area contributed by atoms with Crippen LogP contribution in [0.15, 0.2) is 36.7 Å². The molecule has 1 aromatic carbocycles. The van der Waals surface area contributed by atoms with E-state index in [2.05, 4.69) is 4.98 Å². The molecule has 0 amide bonds. The quantitative estimate of drug-likeness (QED) is 0.822. The minimum atomic E-state index is 0.681. The van der Waals surface area contributed by atoms with E-state index in [-0.39, 0.29) is 0 Å². The number of hydrogen-bond donors (Lipinski definition) is 1. The number of methoxy groups -OCH3 is 2. The third-order valence-electron chi connectivity index (χ3n) is 2.52. The zero-order valence-corrected chi connectivity index (χ0v) is 9.81. The fraction of sp³-hybridized carbons (Fsp3) is 0.154. The average Bonchev–Trinajstić information content (AvgIpc) is 2.39. The number of rotatable bonds is 3. The van der Waals surface area contributed by atoms with E-state index in [9.17, 15) is 0 Å². The molecule has 1 heterocycles. The molecule has 17 heavy (non-hydrogen) atoms. The van der Waals surface area contributed by atoms with Crippen molar-refractivity contribution in [3.63, 3.8) is 0 Å². The summed E-state index contributed by atoms with van der Waals surface area (Å²) in [7, 11) is 3.23. The van der Waals surface area contributed by atoms with Gasteiger partial charge in [-0.3, -0.25) is 4.98 Å². The maximum atomic E-state index is 5.94. The highest BCUT2D eigenvalue weighted by Crippen LogP contribution is 2.30. The second-order valence-electron chi connectivity index (χ2n) is 3.57. The lowest BCUT2D eigenvalue weighted by Gasteiger charge is -2.09. The first-order chi connectivity index (χ1) is 8.24. The molecule has 0 radical (unpaired) electrons. The van der Waals surface area contributed by atoms with Crippen molar-refractivity contribution in [1.29, 1.82) is 0 Å². The van der Waals surface area contributed by atoms with Gasteiger partial charge in [0.05, 0.1) is 20.4 Å². The monoisotopic (exact) mass is 230 g/mol. The Morgan fingerprint density at radius 3 is 2.47 bits per heavy atom. The molecule has 0 spiro atoms. The summed E-state index contributed by atoms with van der Waals surface area (Å²) in [6, 6.07) is 7.41. The van der Waals surface area contributed by atoms with Crippen LogP contribution in [-0.2, 0) is 0 Å². The SMILES string of the molecule is COc1cncc(-c2cc(OC)ccc2N)c1. The average molecular weight is 230 g/mol. The smallest absolute Gasteiger partial charge is 0.137 e. The van der Waals surface area contributed by atoms with Gasteiger partial charge in [-0.1, -0.05) is 0 Å². The van der Waals surface area contributed by atoms with Crippen molar-refractivity contribution in [3.05, 3.63) is 36.7 Å². The first-order valence-corrected chi connectivity index (χ1v) is 5.17. The highest BCUT2D eigenvalue weighted by atomic mass is 16.5. The number of benzene rings is 1. The van der Waals surface area contributed by atoms with Gasteiger partial charge < -0.3 is 15.2 Å². The van der Waals surface area contributed by atoms with Gasteiger partial charge in [-0.05, 0) is 24.3 Å². The van der Waals surface area contributed by atoms with Gasteiger partial charge in [-0.2, -0.15) is 0 Å². The van der Waals surface area contributed by atoms with Crippen LogP contribution in [-0.4, -0.2) is 19.2 Å². The molecule has 2 N–H and O–H groups in total. The number of nitrogens with zero attached hydrogens (tertiary/aromatic N) is 1. The summed E-state index contributed by atoms with van der Waals surface area (Å²) in [4.78, 5) is 4.11. The fourth-order valence-electron chi connectivity index (χ4n) is 1.59. The first-order valence-electron chi connectivity index (χ1n) is 5.17. The summed E-state index contributed by atoms with van der Waals surface area (Å²) in [5, 5.41) is 0. The highest BCUT2D eigenvalue weighted by molar-refractivity contribution is 5.77. The van der Waals surface area contributed by atoms with Gasteiger partial charge in [0.25, 0.3) is 0 Å². The van der Waals surface area contributed by atoms with E-state index in [4.69, 9.17) is 15.2 Å². The Bertz CT molecular complexity index is 527. The Morgan fingerprint density at radius 2 is 1.76 bits per heavy atom. The minimum Gasteiger partial charge on any atom is -0.497 e. The van der Waals surface area contributed by atoms with E-state index in [1.807, 2.05) is 24.3 Å². The summed E-state index contributed by atoms with van der Waals surface area (Å²) >= 11 is 0. The molecule has 0 aliphatic carbocycles. The summed E-state index contributed by atoms with van der Waals surface area (Å²) in [5.74, 6) is 1.46. The Morgan fingerprint density at radius 1 is 1.00 bits per heavy atom. The lowest BCUT2D eigenvalue weighted by molar-refractivity contribution is 0.413. The molecule has 4 heteroatoms. The summed E-state index contributed by atoms with van der Waals surface area (Å²) < 4.78 is 10.3. The van der Waals surface area contributed by atoms with E-state index < -0.39 is 0 Å². The molecule has 0 saturated carbocycles. The van der Waals surface area contributed by atoms with Gasteiger partial charge in [-0.15, -0.1) is 0 Å². The second kappa shape index (κ2) is 4.74. The minimum absolute atomic E-state index is 0.681. The van der Waals surface area contributed by atoms with Gasteiger partial charge >= 0.3 is 0 Å². The van der Waals surface area contributed by atoms with Crippen LogP contribution in [0.25, 0.3) is 11.1 Å². The molecule has 4 nitrogen and oxygen atoms in total. The van der Waals surface area contributed by atoms with Crippen molar-refractivity contribution in [2.75, 3.05) is 20.0 Å². The maximum Gasteiger partial charge on any atom is 0.137 e. The van der Waals surface area contributed by atoms with Crippen LogP contribution in [0.2, 0.25) is 0 Å². The Balaban J connectivity index is 2.50. The number of hydrogen-bond acceptors (Lipinski definition) is 4. The molecule has 0 unspecified atom stereocenters. The van der Waals surface area contributed by atoms with Crippen molar-refractivity contribution >= 4 is 5.69 Å². The Hall–Kier alpha value is -2.23.